The Morgan fingerprint density at radius 2 is 1.09 bits per heavy atom. The number of esters is 2. The number of allylic oxidation sites excluding steroid dienone is 8. The van der Waals surface area contributed by atoms with E-state index in [0.29, 0.717) is 12.8 Å². The first kappa shape index (κ1) is 51.6. The van der Waals surface area contributed by atoms with Crippen molar-refractivity contribution in [3.05, 3.63) is 48.6 Å². The van der Waals surface area contributed by atoms with Gasteiger partial charge in [-0.3, -0.25) is 14.1 Å². The second-order valence-electron chi connectivity index (χ2n) is 14.6. The Morgan fingerprint density at radius 1 is 0.607 bits per heavy atom. The van der Waals surface area contributed by atoms with Gasteiger partial charge in [-0.05, 0) is 70.6 Å². The van der Waals surface area contributed by atoms with Gasteiger partial charge in [0.2, 0.25) is 0 Å². The van der Waals surface area contributed by atoms with Crippen LogP contribution in [0.5, 0.6) is 0 Å². The van der Waals surface area contributed by atoms with Gasteiger partial charge in [-0.2, -0.15) is 8.42 Å². The summed E-state index contributed by atoms with van der Waals surface area (Å²) in [6, 6.07) is 0. The summed E-state index contributed by atoms with van der Waals surface area (Å²) in [6.45, 7) is 3.64. The fourth-order valence-corrected chi connectivity index (χ4v) is 6.71. The molecule has 2 unspecified atom stereocenters. The second kappa shape index (κ2) is 33.6. The van der Waals surface area contributed by atoms with Crippen LogP contribution < -0.4 is 0 Å². The SMILES string of the molecule is CCCC/C=C/CCCCCCCC(=O)OC[C@H](CO[C@H]1O[C@H](CS(=O)(=O)O)[C@@H](O)C(O)C1O)OC(=O)CCCCCC/C=C/C/C=C/C/C=C/CCCCC. The molecule has 0 spiro atoms. The van der Waals surface area contributed by atoms with Gasteiger partial charge in [0.15, 0.2) is 12.4 Å². The maximum absolute atomic E-state index is 12.8. The highest BCUT2D eigenvalue weighted by molar-refractivity contribution is 7.85. The number of ether oxygens (including phenoxy) is 4. The Bertz CT molecular complexity index is 1230. The van der Waals surface area contributed by atoms with E-state index in [1.165, 1.54) is 32.1 Å². The molecule has 1 aliphatic heterocycles. The van der Waals surface area contributed by atoms with E-state index in [2.05, 4.69) is 62.5 Å². The third-order valence-electron chi connectivity index (χ3n) is 9.38. The molecule has 0 amide bonds. The van der Waals surface area contributed by atoms with Crippen molar-refractivity contribution in [1.82, 2.24) is 0 Å². The number of hydrogen-bond donors (Lipinski definition) is 4. The van der Waals surface area contributed by atoms with Gasteiger partial charge in [0, 0.05) is 12.8 Å². The summed E-state index contributed by atoms with van der Waals surface area (Å²) in [6.07, 6.45) is 28.8. The van der Waals surface area contributed by atoms with Crippen molar-refractivity contribution in [2.24, 2.45) is 0 Å². The van der Waals surface area contributed by atoms with Crippen LogP contribution in [-0.4, -0.2) is 96.0 Å². The van der Waals surface area contributed by atoms with Gasteiger partial charge in [0.05, 0.1) is 6.61 Å². The zero-order valence-corrected chi connectivity index (χ0v) is 35.0. The van der Waals surface area contributed by atoms with Gasteiger partial charge < -0.3 is 34.3 Å². The first-order valence-corrected chi connectivity index (χ1v) is 22.8. The Labute approximate surface area is 337 Å². The standard InChI is InChI=1S/C43H74O12S/c1-3-5-7-9-11-13-15-16-17-18-19-20-22-24-26-28-30-32-39(45)54-36(33-52-38(44)31-29-27-25-23-21-14-12-10-8-6-4-2)34-53-43-42(48)41(47)40(46)37(55-43)35-56(49,50)51/h10-13,16-17,19-20,36-37,40-43,46-48H,3-9,14-15,18,21-35H2,1-2H3,(H,49,50,51)/b12-10+,13-11+,17-16+,20-19+/t36-,37-,40-,41?,42?,43+/m1/s1. The summed E-state index contributed by atoms with van der Waals surface area (Å²) in [4.78, 5) is 25.3. The second-order valence-corrected chi connectivity index (χ2v) is 16.1. The number of aliphatic hydroxyl groups excluding tert-OH is 3. The molecule has 324 valence electrons. The fraction of sp³-hybridized carbons (Fsp3) is 0.767. The number of hydrogen-bond acceptors (Lipinski definition) is 11. The lowest BCUT2D eigenvalue weighted by atomic mass is 10.00. The van der Waals surface area contributed by atoms with Crippen molar-refractivity contribution in [3.63, 3.8) is 0 Å². The largest absolute Gasteiger partial charge is 0.462 e. The van der Waals surface area contributed by atoms with E-state index in [4.69, 9.17) is 18.9 Å². The predicted octanol–water partition coefficient (Wildman–Crippen LogP) is 8.00. The van der Waals surface area contributed by atoms with Crippen LogP contribution in [0.1, 0.15) is 155 Å². The van der Waals surface area contributed by atoms with Crippen molar-refractivity contribution in [2.45, 2.75) is 192 Å². The molecule has 0 saturated carbocycles. The van der Waals surface area contributed by atoms with Crippen LogP contribution in [0.4, 0.5) is 0 Å². The van der Waals surface area contributed by atoms with E-state index in [0.717, 1.165) is 83.5 Å². The van der Waals surface area contributed by atoms with Gasteiger partial charge in [0.25, 0.3) is 10.1 Å². The monoisotopic (exact) mass is 814 g/mol. The molecule has 0 aromatic heterocycles. The van der Waals surface area contributed by atoms with Crippen LogP contribution in [0.3, 0.4) is 0 Å². The molecule has 1 saturated heterocycles. The van der Waals surface area contributed by atoms with E-state index in [1.54, 1.807) is 0 Å². The third kappa shape index (κ3) is 28.1. The molecule has 0 aliphatic carbocycles. The molecule has 4 N–H and O–H groups in total. The summed E-state index contributed by atoms with van der Waals surface area (Å²) in [5.74, 6) is -2.03. The Kier molecular flexibility index (Phi) is 30.9. The average molecular weight is 815 g/mol. The highest BCUT2D eigenvalue weighted by Crippen LogP contribution is 2.24. The van der Waals surface area contributed by atoms with Crippen LogP contribution >= 0.6 is 0 Å². The first-order chi connectivity index (χ1) is 27.0. The molecule has 0 bridgehead atoms. The lowest BCUT2D eigenvalue weighted by molar-refractivity contribution is -0.297. The summed E-state index contributed by atoms with van der Waals surface area (Å²) in [5, 5.41) is 30.8. The maximum atomic E-state index is 12.8. The van der Waals surface area contributed by atoms with Crippen LogP contribution in [-0.2, 0) is 38.7 Å². The number of aliphatic hydroxyl groups is 3. The Morgan fingerprint density at radius 3 is 1.66 bits per heavy atom. The lowest BCUT2D eigenvalue weighted by Crippen LogP contribution is -2.60. The number of carbonyl (C=O) groups is 2. The minimum Gasteiger partial charge on any atom is -0.462 e. The summed E-state index contributed by atoms with van der Waals surface area (Å²) in [5.41, 5.74) is 0. The number of rotatable bonds is 34. The zero-order chi connectivity index (χ0) is 41.3. The fourth-order valence-electron chi connectivity index (χ4n) is 6.02. The van der Waals surface area contributed by atoms with E-state index < -0.39 is 71.2 Å². The van der Waals surface area contributed by atoms with Crippen LogP contribution in [0.15, 0.2) is 48.6 Å². The predicted molar refractivity (Wildman–Crippen MR) is 219 cm³/mol. The van der Waals surface area contributed by atoms with Crippen molar-refractivity contribution in [2.75, 3.05) is 19.0 Å². The van der Waals surface area contributed by atoms with E-state index in [1.807, 2.05) is 0 Å². The molecule has 0 aromatic rings. The van der Waals surface area contributed by atoms with Crippen LogP contribution in [0, 0.1) is 0 Å². The molecule has 13 heteroatoms. The normalized spacial score (nSPS) is 21.1. The quantitative estimate of drug-likeness (QED) is 0.0213. The lowest BCUT2D eigenvalue weighted by Gasteiger charge is -2.40. The Hall–Kier alpha value is -2.39. The molecule has 12 nitrogen and oxygen atoms in total. The molecule has 56 heavy (non-hydrogen) atoms. The summed E-state index contributed by atoms with van der Waals surface area (Å²) >= 11 is 0. The van der Waals surface area contributed by atoms with Crippen LogP contribution in [0.2, 0.25) is 0 Å². The van der Waals surface area contributed by atoms with Gasteiger partial charge >= 0.3 is 11.9 Å². The van der Waals surface area contributed by atoms with Gasteiger partial charge in [-0.15, -0.1) is 0 Å². The Balaban J connectivity index is 2.51. The van der Waals surface area contributed by atoms with Crippen molar-refractivity contribution in [1.29, 1.82) is 0 Å². The molecule has 0 radical (unpaired) electrons. The first-order valence-electron chi connectivity index (χ1n) is 21.2. The van der Waals surface area contributed by atoms with Crippen LogP contribution in [0.25, 0.3) is 0 Å². The number of unbranched alkanes of at least 4 members (excludes halogenated alkanes) is 14. The molecule has 1 rings (SSSR count). The van der Waals surface area contributed by atoms with Gasteiger partial charge in [-0.25, -0.2) is 0 Å². The van der Waals surface area contributed by atoms with Crippen molar-refractivity contribution in [3.8, 4) is 0 Å². The molecule has 0 aromatic carbocycles. The van der Waals surface area contributed by atoms with E-state index in [-0.39, 0.29) is 19.4 Å². The van der Waals surface area contributed by atoms with Gasteiger partial charge in [-0.1, -0.05) is 120 Å². The number of carbonyl (C=O) groups excluding carboxylic acids is 2. The average Bonchev–Trinajstić information content (AvgIpc) is 3.16. The van der Waals surface area contributed by atoms with Crippen molar-refractivity contribution < 1.29 is 56.8 Å². The van der Waals surface area contributed by atoms with Gasteiger partial charge in [0.1, 0.15) is 36.8 Å². The smallest absolute Gasteiger partial charge is 0.306 e. The van der Waals surface area contributed by atoms with E-state index in [9.17, 15) is 37.9 Å². The minimum absolute atomic E-state index is 0.135. The summed E-state index contributed by atoms with van der Waals surface area (Å²) < 4.78 is 53.9. The third-order valence-corrected chi connectivity index (χ3v) is 10.1. The molecule has 6 atom stereocenters. The molecule has 1 aliphatic rings. The summed E-state index contributed by atoms with van der Waals surface area (Å²) in [7, 11) is -4.60. The molecule has 1 heterocycles. The highest BCUT2D eigenvalue weighted by atomic mass is 32.2. The zero-order valence-electron chi connectivity index (χ0n) is 34.2. The maximum Gasteiger partial charge on any atom is 0.306 e. The van der Waals surface area contributed by atoms with Crippen molar-refractivity contribution >= 4 is 22.1 Å². The molecular formula is C43H74O12S. The highest BCUT2D eigenvalue weighted by Gasteiger charge is 2.46. The molecular weight excluding hydrogens is 741 g/mol. The topological polar surface area (TPSA) is 186 Å². The minimum atomic E-state index is -4.60. The molecule has 1 fully saturated rings. The van der Waals surface area contributed by atoms with E-state index >= 15 is 0 Å².